The molecule has 5 heteroatoms. The van der Waals surface area contributed by atoms with E-state index in [0.717, 1.165) is 30.4 Å². The average Bonchev–Trinajstić information content (AvgIpc) is 2.63. The Morgan fingerprint density at radius 3 is 2.93 bits per heavy atom. The molecule has 0 amide bonds. The molecule has 0 spiro atoms. The van der Waals surface area contributed by atoms with Crippen LogP contribution in [0.15, 0.2) is 12.1 Å². The quantitative estimate of drug-likeness (QED) is 0.442. The molecule has 0 radical (unpaired) electrons. The molecule has 0 saturated carbocycles. The lowest BCUT2D eigenvalue weighted by Crippen LogP contribution is -2.37. The fourth-order valence-electron chi connectivity index (χ4n) is 1.32. The van der Waals surface area contributed by atoms with Crippen LogP contribution in [0, 0.1) is 0 Å². The van der Waals surface area contributed by atoms with Gasteiger partial charge in [-0.25, -0.2) is 0 Å². The second-order valence-corrected chi connectivity index (χ2v) is 5.06. The minimum absolute atomic E-state index is 0.256. The highest BCUT2D eigenvalue weighted by molar-refractivity contribution is 7.16. The highest BCUT2D eigenvalue weighted by atomic mass is 35.5. The normalized spacial score (nSPS) is 13.0. The number of nitrogens with two attached hydrogens (primary N) is 1. The Hall–Kier alpha value is -0.130. The first kappa shape index (κ1) is 12.9. The molecule has 15 heavy (non-hydrogen) atoms. The van der Waals surface area contributed by atoms with Crippen LogP contribution in [0.1, 0.15) is 18.2 Å². The van der Waals surface area contributed by atoms with Crippen LogP contribution in [0.5, 0.6) is 0 Å². The van der Waals surface area contributed by atoms with Crippen LogP contribution in [0.3, 0.4) is 0 Å². The SMILES string of the molecule is CCOCCC(Cc1ccc(Cl)s1)NN. The van der Waals surface area contributed by atoms with Crippen LogP contribution in [-0.4, -0.2) is 19.3 Å². The van der Waals surface area contributed by atoms with E-state index in [0.29, 0.717) is 0 Å². The summed E-state index contributed by atoms with van der Waals surface area (Å²) in [6.45, 7) is 3.48. The van der Waals surface area contributed by atoms with Crippen molar-refractivity contribution in [3.8, 4) is 0 Å². The topological polar surface area (TPSA) is 47.3 Å². The van der Waals surface area contributed by atoms with Crippen LogP contribution in [0.4, 0.5) is 0 Å². The van der Waals surface area contributed by atoms with E-state index >= 15 is 0 Å². The van der Waals surface area contributed by atoms with Crippen molar-refractivity contribution < 1.29 is 4.74 Å². The van der Waals surface area contributed by atoms with Crippen LogP contribution < -0.4 is 11.3 Å². The number of hydrogen-bond acceptors (Lipinski definition) is 4. The standard InChI is InChI=1S/C10H17ClN2OS/c1-2-14-6-5-8(13-12)7-9-3-4-10(11)15-9/h3-4,8,13H,2,5-7,12H2,1H3. The van der Waals surface area contributed by atoms with Gasteiger partial charge in [0.1, 0.15) is 0 Å². The Morgan fingerprint density at radius 1 is 1.60 bits per heavy atom. The van der Waals surface area contributed by atoms with Gasteiger partial charge in [-0.05, 0) is 31.9 Å². The van der Waals surface area contributed by atoms with Gasteiger partial charge >= 0.3 is 0 Å². The first-order valence-corrected chi connectivity index (χ1v) is 6.23. The molecule has 0 aromatic carbocycles. The summed E-state index contributed by atoms with van der Waals surface area (Å²) in [7, 11) is 0. The average molecular weight is 249 g/mol. The smallest absolute Gasteiger partial charge is 0.0931 e. The van der Waals surface area contributed by atoms with Crippen molar-refractivity contribution in [2.75, 3.05) is 13.2 Å². The van der Waals surface area contributed by atoms with Gasteiger partial charge in [0.2, 0.25) is 0 Å². The highest BCUT2D eigenvalue weighted by Crippen LogP contribution is 2.22. The molecule has 1 atom stereocenters. The van der Waals surface area contributed by atoms with E-state index in [9.17, 15) is 0 Å². The summed E-state index contributed by atoms with van der Waals surface area (Å²) in [5.41, 5.74) is 2.80. The third-order valence-electron chi connectivity index (χ3n) is 2.13. The summed E-state index contributed by atoms with van der Waals surface area (Å²) in [6.07, 6.45) is 1.82. The second-order valence-electron chi connectivity index (χ2n) is 3.26. The van der Waals surface area contributed by atoms with Crippen molar-refractivity contribution >= 4 is 22.9 Å². The zero-order valence-corrected chi connectivity index (χ0v) is 10.4. The molecule has 1 unspecified atom stereocenters. The monoisotopic (exact) mass is 248 g/mol. The molecular weight excluding hydrogens is 232 g/mol. The van der Waals surface area contributed by atoms with Gasteiger partial charge in [0, 0.05) is 24.1 Å². The molecule has 0 fully saturated rings. The van der Waals surface area contributed by atoms with Crippen molar-refractivity contribution in [1.82, 2.24) is 5.43 Å². The summed E-state index contributed by atoms with van der Waals surface area (Å²) in [6, 6.07) is 4.21. The number of thiophene rings is 1. The van der Waals surface area contributed by atoms with Crippen molar-refractivity contribution in [2.24, 2.45) is 5.84 Å². The molecule has 86 valence electrons. The number of ether oxygens (including phenoxy) is 1. The lowest BCUT2D eigenvalue weighted by atomic mass is 10.1. The molecule has 0 aliphatic carbocycles. The van der Waals surface area contributed by atoms with Crippen LogP contribution in [0.25, 0.3) is 0 Å². The van der Waals surface area contributed by atoms with Crippen LogP contribution in [0.2, 0.25) is 4.34 Å². The van der Waals surface area contributed by atoms with E-state index < -0.39 is 0 Å². The molecule has 3 nitrogen and oxygen atoms in total. The molecular formula is C10H17ClN2OS. The fraction of sp³-hybridized carbons (Fsp3) is 0.600. The van der Waals surface area contributed by atoms with Gasteiger partial charge in [-0.2, -0.15) is 0 Å². The number of halogens is 1. The molecule has 1 rings (SSSR count). The lowest BCUT2D eigenvalue weighted by Gasteiger charge is -2.14. The van der Waals surface area contributed by atoms with E-state index in [1.54, 1.807) is 11.3 Å². The first-order valence-electron chi connectivity index (χ1n) is 5.04. The number of rotatable bonds is 7. The van der Waals surface area contributed by atoms with Gasteiger partial charge in [-0.3, -0.25) is 11.3 Å². The molecule has 0 aliphatic rings. The first-order chi connectivity index (χ1) is 7.26. The molecule has 3 N–H and O–H groups in total. The molecule has 0 saturated heterocycles. The van der Waals surface area contributed by atoms with Crippen molar-refractivity contribution in [1.29, 1.82) is 0 Å². The van der Waals surface area contributed by atoms with Crippen LogP contribution >= 0.6 is 22.9 Å². The molecule has 1 heterocycles. The lowest BCUT2D eigenvalue weighted by molar-refractivity contribution is 0.136. The minimum atomic E-state index is 0.256. The highest BCUT2D eigenvalue weighted by Gasteiger charge is 2.09. The van der Waals surface area contributed by atoms with E-state index in [1.807, 2.05) is 19.1 Å². The summed E-state index contributed by atoms with van der Waals surface area (Å²) in [5.74, 6) is 5.48. The third-order valence-corrected chi connectivity index (χ3v) is 3.38. The van der Waals surface area contributed by atoms with Crippen molar-refractivity contribution in [3.63, 3.8) is 0 Å². The molecule has 1 aromatic rings. The maximum absolute atomic E-state index is 5.86. The third kappa shape index (κ3) is 4.95. The Balaban J connectivity index is 2.33. The molecule has 1 aromatic heterocycles. The Morgan fingerprint density at radius 2 is 2.40 bits per heavy atom. The van der Waals surface area contributed by atoms with Crippen molar-refractivity contribution in [2.45, 2.75) is 25.8 Å². The van der Waals surface area contributed by atoms with Gasteiger partial charge in [0.05, 0.1) is 4.34 Å². The van der Waals surface area contributed by atoms with E-state index in [4.69, 9.17) is 22.2 Å². The number of nitrogens with one attached hydrogen (secondary N) is 1. The van der Waals surface area contributed by atoms with Gasteiger partial charge in [0.25, 0.3) is 0 Å². The zero-order valence-electron chi connectivity index (χ0n) is 8.83. The van der Waals surface area contributed by atoms with Gasteiger partial charge in [0.15, 0.2) is 0 Å². The fourth-order valence-corrected chi connectivity index (χ4v) is 2.49. The summed E-state index contributed by atoms with van der Waals surface area (Å²) in [4.78, 5) is 1.25. The second kappa shape index (κ2) is 7.19. The summed E-state index contributed by atoms with van der Waals surface area (Å²) in [5, 5.41) is 0. The number of hydrazine groups is 1. The molecule has 0 bridgehead atoms. The van der Waals surface area contributed by atoms with E-state index in [-0.39, 0.29) is 6.04 Å². The van der Waals surface area contributed by atoms with Crippen LogP contribution in [-0.2, 0) is 11.2 Å². The van der Waals surface area contributed by atoms with E-state index in [2.05, 4.69) is 5.43 Å². The minimum Gasteiger partial charge on any atom is -0.382 e. The summed E-state index contributed by atoms with van der Waals surface area (Å²) < 4.78 is 6.12. The van der Waals surface area contributed by atoms with Gasteiger partial charge in [-0.1, -0.05) is 11.6 Å². The maximum Gasteiger partial charge on any atom is 0.0931 e. The molecule has 0 aliphatic heterocycles. The predicted molar refractivity (Wildman–Crippen MR) is 65.3 cm³/mol. The maximum atomic E-state index is 5.86. The Kier molecular flexibility index (Phi) is 6.20. The Labute approximate surface area is 99.5 Å². The summed E-state index contributed by atoms with van der Waals surface area (Å²) >= 11 is 7.46. The predicted octanol–water partition coefficient (Wildman–Crippen LogP) is 2.20. The largest absolute Gasteiger partial charge is 0.382 e. The van der Waals surface area contributed by atoms with E-state index in [1.165, 1.54) is 4.88 Å². The van der Waals surface area contributed by atoms with Gasteiger partial charge in [-0.15, -0.1) is 11.3 Å². The van der Waals surface area contributed by atoms with Crippen molar-refractivity contribution in [3.05, 3.63) is 21.3 Å². The Bertz CT molecular complexity index is 280. The zero-order chi connectivity index (χ0) is 11.1. The number of hydrogen-bond donors (Lipinski definition) is 2. The van der Waals surface area contributed by atoms with Gasteiger partial charge < -0.3 is 4.74 Å².